The number of hydrogen-bond donors (Lipinski definition) is 2. The van der Waals surface area contributed by atoms with Crippen LogP contribution in [-0.2, 0) is 4.79 Å². The summed E-state index contributed by atoms with van der Waals surface area (Å²) in [5.74, 6) is 0.533. The first-order valence-corrected chi connectivity index (χ1v) is 7.87. The molecule has 0 fully saturated rings. The van der Waals surface area contributed by atoms with Crippen molar-refractivity contribution < 1.29 is 19.5 Å². The summed E-state index contributed by atoms with van der Waals surface area (Å²) in [6, 6.07) is 10.8. The number of carbonyl (C=O) groups is 1. The number of anilines is 1. The topological polar surface area (TPSA) is 80.2 Å². The van der Waals surface area contributed by atoms with Crippen molar-refractivity contribution in [1.29, 1.82) is 0 Å². The minimum absolute atomic E-state index is 0.170. The Morgan fingerprint density at radius 2 is 2.17 bits per heavy atom. The number of nitrogens with zero attached hydrogens (tertiary/aromatic N) is 1. The molecule has 0 saturated heterocycles. The van der Waals surface area contributed by atoms with Crippen LogP contribution in [-0.4, -0.2) is 31.0 Å². The SMILES string of the molecule is COc1cc(/C=N\O)cc(Br)c1OCC(=O)Nc1cccc(C)c1. The van der Waals surface area contributed by atoms with Crippen molar-refractivity contribution in [2.24, 2.45) is 5.16 Å². The summed E-state index contributed by atoms with van der Waals surface area (Å²) in [7, 11) is 1.49. The molecule has 2 aromatic rings. The van der Waals surface area contributed by atoms with Gasteiger partial charge in [-0.1, -0.05) is 17.3 Å². The third-order valence-electron chi connectivity index (χ3n) is 3.11. The molecule has 0 aromatic heterocycles. The molecule has 0 aliphatic rings. The Hall–Kier alpha value is -2.54. The van der Waals surface area contributed by atoms with Crippen LogP contribution in [0.25, 0.3) is 0 Å². The van der Waals surface area contributed by atoms with Crippen molar-refractivity contribution in [2.45, 2.75) is 6.92 Å². The van der Waals surface area contributed by atoms with Crippen molar-refractivity contribution >= 4 is 33.7 Å². The van der Waals surface area contributed by atoms with Gasteiger partial charge in [0.25, 0.3) is 5.91 Å². The summed E-state index contributed by atoms with van der Waals surface area (Å²) in [5, 5.41) is 14.3. The number of carbonyl (C=O) groups excluding carboxylic acids is 1. The van der Waals surface area contributed by atoms with Crippen molar-refractivity contribution in [1.82, 2.24) is 0 Å². The van der Waals surface area contributed by atoms with Gasteiger partial charge in [0.05, 0.1) is 17.8 Å². The van der Waals surface area contributed by atoms with Crippen molar-refractivity contribution in [3.8, 4) is 11.5 Å². The van der Waals surface area contributed by atoms with E-state index in [9.17, 15) is 4.79 Å². The Bertz CT molecular complexity index is 762. The normalized spacial score (nSPS) is 10.6. The molecule has 1 amide bonds. The van der Waals surface area contributed by atoms with Gasteiger partial charge in [0.2, 0.25) is 0 Å². The van der Waals surface area contributed by atoms with Crippen LogP contribution in [0.15, 0.2) is 46.0 Å². The number of aryl methyl sites for hydroxylation is 1. The second-order valence-corrected chi connectivity index (χ2v) is 5.84. The lowest BCUT2D eigenvalue weighted by molar-refractivity contribution is -0.118. The Balaban J connectivity index is 2.07. The maximum Gasteiger partial charge on any atom is 0.262 e. The second-order valence-electron chi connectivity index (χ2n) is 4.99. The third kappa shape index (κ3) is 4.73. The van der Waals surface area contributed by atoms with Crippen LogP contribution in [0.4, 0.5) is 5.69 Å². The van der Waals surface area contributed by atoms with E-state index in [-0.39, 0.29) is 12.5 Å². The largest absolute Gasteiger partial charge is 0.493 e. The molecule has 2 rings (SSSR count). The van der Waals surface area contributed by atoms with Crippen LogP contribution >= 0.6 is 15.9 Å². The van der Waals surface area contributed by atoms with Gasteiger partial charge in [0.1, 0.15) is 0 Å². The summed E-state index contributed by atoms with van der Waals surface area (Å²) in [6.45, 7) is 1.78. The molecule has 2 aromatic carbocycles. The number of methoxy groups -OCH3 is 1. The van der Waals surface area contributed by atoms with E-state index in [4.69, 9.17) is 14.7 Å². The Labute approximate surface area is 148 Å². The fraction of sp³-hybridized carbons (Fsp3) is 0.176. The molecule has 6 nitrogen and oxygen atoms in total. The average Bonchev–Trinajstić information content (AvgIpc) is 2.53. The van der Waals surface area contributed by atoms with Crippen LogP contribution in [0.5, 0.6) is 11.5 Å². The van der Waals surface area contributed by atoms with Gasteiger partial charge in [-0.3, -0.25) is 4.79 Å². The molecular formula is C17H17BrN2O4. The zero-order chi connectivity index (χ0) is 17.5. The summed E-state index contributed by atoms with van der Waals surface area (Å²) in [5.41, 5.74) is 2.39. The fourth-order valence-electron chi connectivity index (χ4n) is 2.08. The lowest BCUT2D eigenvalue weighted by atomic mass is 10.2. The zero-order valence-corrected chi connectivity index (χ0v) is 14.8. The van der Waals surface area contributed by atoms with Gasteiger partial charge in [-0.2, -0.15) is 0 Å². The summed E-state index contributed by atoms with van der Waals surface area (Å²) >= 11 is 3.36. The molecule has 0 spiro atoms. The van der Waals surface area contributed by atoms with E-state index in [1.807, 2.05) is 31.2 Å². The molecule has 24 heavy (non-hydrogen) atoms. The first kappa shape index (κ1) is 17.8. The highest BCUT2D eigenvalue weighted by atomic mass is 79.9. The number of oxime groups is 1. The predicted octanol–water partition coefficient (Wildman–Crippen LogP) is 3.59. The monoisotopic (exact) mass is 392 g/mol. The van der Waals surface area contributed by atoms with E-state index in [2.05, 4.69) is 26.4 Å². The van der Waals surface area contributed by atoms with E-state index < -0.39 is 0 Å². The van der Waals surface area contributed by atoms with E-state index >= 15 is 0 Å². The maximum atomic E-state index is 12.0. The molecule has 0 bridgehead atoms. The molecule has 0 aliphatic heterocycles. The molecular weight excluding hydrogens is 376 g/mol. The van der Waals surface area contributed by atoms with Crippen LogP contribution in [0.2, 0.25) is 0 Å². The fourth-order valence-corrected chi connectivity index (χ4v) is 2.65. The quantitative estimate of drug-likeness (QED) is 0.447. The average molecular weight is 393 g/mol. The molecule has 126 valence electrons. The minimum Gasteiger partial charge on any atom is -0.493 e. The number of ether oxygens (including phenoxy) is 2. The number of nitrogens with one attached hydrogen (secondary N) is 1. The number of rotatable bonds is 6. The van der Waals surface area contributed by atoms with Crippen LogP contribution in [0.1, 0.15) is 11.1 Å². The Kier molecular flexibility index (Phi) is 6.20. The molecule has 7 heteroatoms. The van der Waals surface area contributed by atoms with Crippen LogP contribution in [0, 0.1) is 6.92 Å². The van der Waals surface area contributed by atoms with Gasteiger partial charge in [-0.05, 0) is 52.7 Å². The first-order valence-electron chi connectivity index (χ1n) is 7.07. The zero-order valence-electron chi connectivity index (χ0n) is 13.2. The lowest BCUT2D eigenvalue weighted by Gasteiger charge is -2.13. The smallest absolute Gasteiger partial charge is 0.262 e. The highest BCUT2D eigenvalue weighted by molar-refractivity contribution is 9.10. The number of hydrogen-bond acceptors (Lipinski definition) is 5. The molecule has 0 unspecified atom stereocenters. The van der Waals surface area contributed by atoms with Gasteiger partial charge in [0, 0.05) is 11.3 Å². The number of halogens is 1. The highest BCUT2D eigenvalue weighted by Crippen LogP contribution is 2.36. The van der Waals surface area contributed by atoms with Crippen molar-refractivity contribution in [3.63, 3.8) is 0 Å². The van der Waals surface area contributed by atoms with Gasteiger partial charge in [-0.25, -0.2) is 0 Å². The number of benzene rings is 2. The van der Waals surface area contributed by atoms with Gasteiger partial charge in [0.15, 0.2) is 18.1 Å². The summed E-state index contributed by atoms with van der Waals surface area (Å²) in [4.78, 5) is 12.0. The maximum absolute atomic E-state index is 12.0. The van der Waals surface area contributed by atoms with E-state index in [0.29, 0.717) is 27.2 Å². The highest BCUT2D eigenvalue weighted by Gasteiger charge is 2.13. The Morgan fingerprint density at radius 3 is 2.83 bits per heavy atom. The van der Waals surface area contributed by atoms with E-state index in [1.54, 1.807) is 12.1 Å². The van der Waals surface area contributed by atoms with Gasteiger partial charge < -0.3 is 20.0 Å². The predicted molar refractivity (Wildman–Crippen MR) is 95.4 cm³/mol. The van der Waals surface area contributed by atoms with Crippen LogP contribution < -0.4 is 14.8 Å². The molecule has 2 N–H and O–H groups in total. The molecule has 0 heterocycles. The van der Waals surface area contributed by atoms with E-state index in [1.165, 1.54) is 13.3 Å². The van der Waals surface area contributed by atoms with Gasteiger partial charge >= 0.3 is 0 Å². The van der Waals surface area contributed by atoms with Gasteiger partial charge in [-0.15, -0.1) is 0 Å². The molecule has 0 saturated carbocycles. The standard InChI is InChI=1S/C17H17BrN2O4/c1-11-4-3-5-13(6-11)20-16(21)10-24-17-14(18)7-12(9-19-22)8-15(17)23-2/h3-9,22H,10H2,1-2H3,(H,20,21)/b19-9-. The minimum atomic E-state index is -0.282. The van der Waals surface area contributed by atoms with Crippen molar-refractivity contribution in [3.05, 3.63) is 52.0 Å². The molecule has 0 aliphatic carbocycles. The van der Waals surface area contributed by atoms with Crippen LogP contribution in [0.3, 0.4) is 0 Å². The lowest BCUT2D eigenvalue weighted by Crippen LogP contribution is -2.20. The third-order valence-corrected chi connectivity index (χ3v) is 3.70. The molecule has 0 radical (unpaired) electrons. The Morgan fingerprint density at radius 1 is 1.38 bits per heavy atom. The second kappa shape index (κ2) is 8.35. The first-order chi connectivity index (χ1) is 11.5. The van der Waals surface area contributed by atoms with E-state index in [0.717, 1.165) is 5.56 Å². The number of amides is 1. The summed E-state index contributed by atoms with van der Waals surface area (Å²) < 4.78 is 11.4. The molecule has 0 atom stereocenters. The van der Waals surface area contributed by atoms with Crippen molar-refractivity contribution in [2.75, 3.05) is 19.0 Å². The summed E-state index contributed by atoms with van der Waals surface area (Å²) in [6.07, 6.45) is 1.27.